The molecule has 4 aliphatic rings. The molecule has 32 heavy (non-hydrogen) atoms. The largest absolute Gasteiger partial charge is 0.351 e. The van der Waals surface area contributed by atoms with E-state index in [0.29, 0.717) is 30.5 Å². The fourth-order valence-electron chi connectivity index (χ4n) is 8.60. The zero-order chi connectivity index (χ0) is 22.5. The molecule has 1 aliphatic heterocycles. The number of carbonyl (C=O) groups excluding carboxylic acids is 2. The number of benzene rings is 1. The van der Waals surface area contributed by atoms with E-state index in [9.17, 15) is 9.59 Å². The summed E-state index contributed by atoms with van der Waals surface area (Å²) in [6.45, 7) is 8.25. The van der Waals surface area contributed by atoms with E-state index in [-0.39, 0.29) is 17.2 Å². The minimum absolute atomic E-state index is 0.0471. The van der Waals surface area contributed by atoms with Crippen LogP contribution < -0.4 is 5.32 Å². The van der Waals surface area contributed by atoms with Gasteiger partial charge in [0.1, 0.15) is 5.92 Å². The number of carbonyl (C=O) groups is 2. The van der Waals surface area contributed by atoms with Gasteiger partial charge >= 0.3 is 0 Å². The van der Waals surface area contributed by atoms with Crippen molar-refractivity contribution < 1.29 is 9.59 Å². The Kier molecular flexibility index (Phi) is 5.62. The Morgan fingerprint density at radius 1 is 1.06 bits per heavy atom. The average molecular weight is 437 g/mol. The summed E-state index contributed by atoms with van der Waals surface area (Å²) in [4.78, 5) is 28.8. The molecule has 1 heterocycles. The molecule has 3 saturated carbocycles. The Labute approximate surface area is 193 Å². The summed E-state index contributed by atoms with van der Waals surface area (Å²) < 4.78 is 0. The number of nitrogens with one attached hydrogen (secondary N) is 1. The maximum atomic E-state index is 13.5. The van der Waals surface area contributed by atoms with E-state index in [2.05, 4.69) is 31.0 Å². The van der Waals surface area contributed by atoms with E-state index < -0.39 is 5.92 Å². The van der Waals surface area contributed by atoms with Gasteiger partial charge < -0.3 is 10.2 Å². The van der Waals surface area contributed by atoms with Gasteiger partial charge in [-0.25, -0.2) is 0 Å². The lowest BCUT2D eigenvalue weighted by molar-refractivity contribution is -0.171. The third-order valence-corrected chi connectivity index (χ3v) is 10.2. The van der Waals surface area contributed by atoms with E-state index in [1.54, 1.807) is 0 Å². The molecule has 2 unspecified atom stereocenters. The molecule has 174 valence electrons. The van der Waals surface area contributed by atoms with Gasteiger partial charge in [0.25, 0.3) is 0 Å². The molecule has 0 aromatic heterocycles. The number of nitrogens with zero attached hydrogens (tertiary/aromatic N) is 1. The summed E-state index contributed by atoms with van der Waals surface area (Å²) in [5, 5.41) is 3.09. The molecule has 0 spiro atoms. The molecule has 7 atom stereocenters. The molecule has 1 saturated heterocycles. The number of fused-ring (bicyclic) bond motifs is 5. The van der Waals surface area contributed by atoms with Crippen LogP contribution in [0.15, 0.2) is 30.3 Å². The van der Waals surface area contributed by atoms with Crippen molar-refractivity contribution in [2.75, 3.05) is 6.54 Å². The summed E-state index contributed by atoms with van der Waals surface area (Å²) in [7, 11) is 0. The lowest BCUT2D eigenvalue weighted by Crippen LogP contribution is -2.65. The van der Waals surface area contributed by atoms with Crippen molar-refractivity contribution in [3.8, 4) is 0 Å². The first-order valence-corrected chi connectivity index (χ1v) is 13.0. The van der Waals surface area contributed by atoms with Crippen LogP contribution in [0.3, 0.4) is 0 Å². The summed E-state index contributed by atoms with van der Waals surface area (Å²) in [6.07, 6.45) is 9.86. The minimum atomic E-state index is -0.546. The Balaban J connectivity index is 1.39. The maximum Gasteiger partial charge on any atom is 0.235 e. The second kappa shape index (κ2) is 8.18. The first kappa shape index (κ1) is 22.0. The molecule has 5 rings (SSSR count). The van der Waals surface area contributed by atoms with Crippen molar-refractivity contribution in [3.63, 3.8) is 0 Å². The van der Waals surface area contributed by atoms with E-state index in [0.717, 1.165) is 30.2 Å². The highest BCUT2D eigenvalue weighted by atomic mass is 16.2. The van der Waals surface area contributed by atoms with E-state index in [1.165, 1.54) is 38.5 Å². The third kappa shape index (κ3) is 3.40. The molecular formula is C28H40N2O2. The molecule has 4 nitrogen and oxygen atoms in total. The van der Waals surface area contributed by atoms with Gasteiger partial charge in [-0.3, -0.25) is 9.59 Å². The predicted octanol–water partition coefficient (Wildman–Crippen LogP) is 5.17. The lowest BCUT2D eigenvalue weighted by Gasteiger charge is -2.62. The summed E-state index contributed by atoms with van der Waals surface area (Å²) in [5.41, 5.74) is 1.66. The molecule has 3 aliphatic carbocycles. The molecular weight excluding hydrogens is 396 g/mol. The Bertz CT molecular complexity index is 869. The molecule has 4 fully saturated rings. The second-order valence-electron chi connectivity index (χ2n) is 11.6. The van der Waals surface area contributed by atoms with Crippen LogP contribution in [0.2, 0.25) is 0 Å². The van der Waals surface area contributed by atoms with Gasteiger partial charge in [-0.15, -0.1) is 0 Å². The number of hydrogen-bond acceptors (Lipinski definition) is 2. The van der Waals surface area contributed by atoms with Crippen LogP contribution in [0.1, 0.15) is 77.7 Å². The van der Waals surface area contributed by atoms with Gasteiger partial charge in [-0.05, 0) is 86.0 Å². The van der Waals surface area contributed by atoms with Crippen LogP contribution in [-0.2, 0) is 16.1 Å². The van der Waals surface area contributed by atoms with Crippen molar-refractivity contribution >= 4 is 11.8 Å². The highest BCUT2D eigenvalue weighted by Crippen LogP contribution is 2.65. The number of hydrogen-bond donors (Lipinski definition) is 1. The monoisotopic (exact) mass is 436 g/mol. The standard InChI is InChI=1S/C28H40N2O2/c1-4-30-24-13-12-20-22-11-8-15-27(22,2)16-14-23(20)28(24,3)17-21(26(30)32)25(31)29-18-19-9-6-5-7-10-19/h5-7,9-10,20-24H,4,8,11-18H2,1-3H3,(H,29,31)/t20-,21?,22-,23+,24?,27-,28+/m0/s1. The quantitative estimate of drug-likeness (QED) is 0.662. The molecule has 2 amide bonds. The molecule has 1 aromatic carbocycles. The Morgan fingerprint density at radius 3 is 2.59 bits per heavy atom. The fraction of sp³-hybridized carbons (Fsp3) is 0.714. The van der Waals surface area contributed by atoms with E-state index in [4.69, 9.17) is 0 Å². The van der Waals surface area contributed by atoms with Crippen LogP contribution in [0.5, 0.6) is 0 Å². The van der Waals surface area contributed by atoms with Crippen molar-refractivity contribution in [2.24, 2.45) is 34.5 Å². The number of amides is 2. The Hall–Kier alpha value is -1.84. The zero-order valence-electron chi connectivity index (χ0n) is 20.1. The minimum Gasteiger partial charge on any atom is -0.351 e. The van der Waals surface area contributed by atoms with Crippen molar-refractivity contribution in [3.05, 3.63) is 35.9 Å². The van der Waals surface area contributed by atoms with Gasteiger partial charge in [0.05, 0.1) is 0 Å². The summed E-state index contributed by atoms with van der Waals surface area (Å²) in [6, 6.07) is 10.3. The van der Waals surface area contributed by atoms with Gasteiger partial charge in [-0.1, -0.05) is 50.6 Å². The molecule has 1 N–H and O–H groups in total. The second-order valence-corrected chi connectivity index (χ2v) is 11.6. The van der Waals surface area contributed by atoms with Crippen molar-refractivity contribution in [1.82, 2.24) is 10.2 Å². The molecule has 0 bridgehead atoms. The average Bonchev–Trinajstić information content (AvgIpc) is 3.20. The number of rotatable bonds is 4. The number of piperidine rings is 1. The summed E-state index contributed by atoms with van der Waals surface area (Å²) >= 11 is 0. The number of likely N-dealkylation sites (tertiary alicyclic amines) is 1. The highest BCUT2D eigenvalue weighted by Gasteiger charge is 2.61. The van der Waals surface area contributed by atoms with Crippen LogP contribution in [0, 0.1) is 34.5 Å². The van der Waals surface area contributed by atoms with Gasteiger partial charge in [-0.2, -0.15) is 0 Å². The maximum absolute atomic E-state index is 13.5. The van der Waals surface area contributed by atoms with Crippen molar-refractivity contribution in [1.29, 1.82) is 0 Å². The highest BCUT2D eigenvalue weighted by molar-refractivity contribution is 6.01. The molecule has 1 aromatic rings. The first-order chi connectivity index (χ1) is 15.4. The predicted molar refractivity (Wildman–Crippen MR) is 127 cm³/mol. The fourth-order valence-corrected chi connectivity index (χ4v) is 8.60. The first-order valence-electron chi connectivity index (χ1n) is 13.0. The van der Waals surface area contributed by atoms with Crippen LogP contribution in [-0.4, -0.2) is 29.3 Å². The van der Waals surface area contributed by atoms with Gasteiger partial charge in [0.2, 0.25) is 11.8 Å². The zero-order valence-corrected chi connectivity index (χ0v) is 20.1. The normalized spacial score (nSPS) is 40.9. The van der Waals surface area contributed by atoms with Gasteiger partial charge in [0, 0.05) is 19.1 Å². The van der Waals surface area contributed by atoms with Crippen molar-refractivity contribution in [2.45, 2.75) is 84.7 Å². The van der Waals surface area contributed by atoms with Crippen LogP contribution in [0.4, 0.5) is 0 Å². The topological polar surface area (TPSA) is 49.4 Å². The SMILES string of the molecule is CCN1C(=O)C(C(=O)NCc2ccccc2)C[C@@]2(C)C1CC[C@@H]1[C@H]2CC[C@]2(C)CCC[C@@H]12. The Morgan fingerprint density at radius 2 is 1.84 bits per heavy atom. The van der Waals surface area contributed by atoms with Gasteiger partial charge in [0.15, 0.2) is 0 Å². The smallest absolute Gasteiger partial charge is 0.235 e. The third-order valence-electron chi connectivity index (χ3n) is 10.2. The van der Waals surface area contributed by atoms with E-state index >= 15 is 0 Å². The molecule has 0 radical (unpaired) electrons. The summed E-state index contributed by atoms with van der Waals surface area (Å²) in [5.74, 6) is 1.69. The van der Waals surface area contributed by atoms with E-state index in [1.807, 2.05) is 30.3 Å². The molecule has 4 heteroatoms. The lowest BCUT2D eigenvalue weighted by atomic mass is 9.47. The van der Waals surface area contributed by atoms with Crippen LogP contribution >= 0.6 is 0 Å². The van der Waals surface area contributed by atoms with Crippen LogP contribution in [0.25, 0.3) is 0 Å².